The second kappa shape index (κ2) is 3.76. The fourth-order valence-electron chi connectivity index (χ4n) is 1.33. The summed E-state index contributed by atoms with van der Waals surface area (Å²) in [6.07, 6.45) is 3.37. The average Bonchev–Trinajstić information content (AvgIpc) is 2.06. The Morgan fingerprint density at radius 3 is 2.83 bits per heavy atom. The van der Waals surface area contributed by atoms with Gasteiger partial charge < -0.3 is 5.11 Å². The molecule has 0 saturated heterocycles. The molecule has 3 heteroatoms. The van der Waals surface area contributed by atoms with Crippen molar-refractivity contribution in [3.05, 3.63) is 22.4 Å². The highest BCUT2D eigenvalue weighted by atomic mass is 35.5. The van der Waals surface area contributed by atoms with Crippen LogP contribution in [0.4, 0.5) is 0 Å². The Morgan fingerprint density at radius 1 is 1.67 bits per heavy atom. The maximum atomic E-state index is 10.6. The van der Waals surface area contributed by atoms with Crippen LogP contribution in [-0.2, 0) is 4.79 Å². The van der Waals surface area contributed by atoms with Crippen LogP contribution in [0.1, 0.15) is 19.8 Å². The maximum absolute atomic E-state index is 10.6. The van der Waals surface area contributed by atoms with E-state index in [1.807, 2.05) is 6.92 Å². The Kier molecular flexibility index (Phi) is 2.93. The zero-order chi connectivity index (χ0) is 9.14. The van der Waals surface area contributed by atoms with Gasteiger partial charge in [0.1, 0.15) is 6.29 Å². The average molecular weight is 187 g/mol. The van der Waals surface area contributed by atoms with Gasteiger partial charge in [-0.2, -0.15) is 0 Å². The third-order valence-corrected chi connectivity index (χ3v) is 2.66. The minimum absolute atomic E-state index is 0.207. The molecule has 1 N–H and O–H groups in total. The molecule has 0 amide bonds. The highest BCUT2D eigenvalue weighted by Gasteiger charge is 2.21. The number of halogens is 1. The summed E-state index contributed by atoms with van der Waals surface area (Å²) in [7, 11) is 0. The van der Waals surface area contributed by atoms with Crippen molar-refractivity contribution in [2.75, 3.05) is 0 Å². The van der Waals surface area contributed by atoms with E-state index in [0.717, 1.165) is 25.4 Å². The molecule has 0 radical (unpaired) electrons. The van der Waals surface area contributed by atoms with Crippen LogP contribution in [0.5, 0.6) is 0 Å². The Morgan fingerprint density at radius 2 is 2.33 bits per heavy atom. The van der Waals surface area contributed by atoms with Gasteiger partial charge in [-0.25, -0.2) is 0 Å². The fraction of sp³-hybridized carbons (Fsp3) is 0.444. The lowest BCUT2D eigenvalue weighted by Crippen LogP contribution is -2.10. The number of carbonyl (C=O) groups is 1. The predicted octanol–water partition coefficient (Wildman–Crippen LogP) is 2.55. The molecule has 0 aliphatic heterocycles. The summed E-state index contributed by atoms with van der Waals surface area (Å²) in [5, 5.41) is 9.19. The molecular weight excluding hydrogens is 176 g/mol. The van der Waals surface area contributed by atoms with E-state index in [9.17, 15) is 4.79 Å². The van der Waals surface area contributed by atoms with Gasteiger partial charge in [0.25, 0.3) is 0 Å². The molecule has 1 aliphatic rings. The molecule has 2 nitrogen and oxygen atoms in total. The Labute approximate surface area is 76.5 Å². The number of hydrogen-bond acceptors (Lipinski definition) is 2. The molecule has 1 rings (SSSR count). The zero-order valence-corrected chi connectivity index (χ0v) is 7.64. The molecule has 1 unspecified atom stereocenters. The first-order valence-electron chi connectivity index (χ1n) is 3.89. The highest BCUT2D eigenvalue weighted by molar-refractivity contribution is 6.33. The molecule has 0 aromatic heterocycles. The molecule has 0 spiro atoms. The minimum Gasteiger partial charge on any atom is -0.515 e. The molecule has 1 atom stereocenters. The summed E-state index contributed by atoms with van der Waals surface area (Å²) in [6, 6.07) is 0. The van der Waals surface area contributed by atoms with Gasteiger partial charge in [-0.1, -0.05) is 18.5 Å². The van der Waals surface area contributed by atoms with E-state index in [1.54, 1.807) is 0 Å². The second-order valence-electron chi connectivity index (χ2n) is 2.98. The van der Waals surface area contributed by atoms with Gasteiger partial charge in [0.15, 0.2) is 0 Å². The first-order chi connectivity index (χ1) is 5.70. The molecule has 0 aromatic rings. The molecule has 0 bridgehead atoms. The maximum Gasteiger partial charge on any atom is 0.147 e. The van der Waals surface area contributed by atoms with Crippen molar-refractivity contribution in [1.29, 1.82) is 0 Å². The molecule has 0 aromatic carbocycles. The number of hydrogen-bond donors (Lipinski definition) is 1. The van der Waals surface area contributed by atoms with Crippen LogP contribution in [0.25, 0.3) is 0 Å². The number of aliphatic hydroxyl groups is 1. The summed E-state index contributed by atoms with van der Waals surface area (Å²) in [4.78, 5) is 10.6. The lowest BCUT2D eigenvalue weighted by atomic mass is 9.87. The molecule has 1 aliphatic carbocycles. The van der Waals surface area contributed by atoms with Gasteiger partial charge in [0.2, 0.25) is 0 Å². The largest absolute Gasteiger partial charge is 0.515 e. The van der Waals surface area contributed by atoms with E-state index in [4.69, 9.17) is 16.7 Å². The van der Waals surface area contributed by atoms with Gasteiger partial charge in [0, 0.05) is 11.1 Å². The third kappa shape index (κ3) is 1.53. The van der Waals surface area contributed by atoms with Crippen LogP contribution in [0.15, 0.2) is 22.4 Å². The number of allylic oxidation sites excluding steroid dienone is 3. The monoisotopic (exact) mass is 186 g/mol. The lowest BCUT2D eigenvalue weighted by molar-refractivity contribution is -0.105. The summed E-state index contributed by atoms with van der Waals surface area (Å²) in [6.45, 7) is 1.96. The predicted molar refractivity (Wildman–Crippen MR) is 48.1 cm³/mol. The topological polar surface area (TPSA) is 37.3 Å². The highest BCUT2D eigenvalue weighted by Crippen LogP contribution is 2.34. The fourth-order valence-corrected chi connectivity index (χ4v) is 1.70. The first kappa shape index (κ1) is 9.33. The van der Waals surface area contributed by atoms with Crippen molar-refractivity contribution in [1.82, 2.24) is 0 Å². The normalized spacial score (nSPS) is 27.8. The van der Waals surface area contributed by atoms with Crippen LogP contribution in [0, 0.1) is 5.92 Å². The third-order valence-electron chi connectivity index (χ3n) is 2.20. The molecule has 0 saturated carbocycles. The van der Waals surface area contributed by atoms with Crippen LogP contribution in [0.2, 0.25) is 0 Å². The number of aliphatic hydroxyl groups excluding tert-OH is 1. The minimum atomic E-state index is 0.207. The Bertz CT molecular complexity index is 253. The smallest absolute Gasteiger partial charge is 0.147 e. The van der Waals surface area contributed by atoms with Gasteiger partial charge >= 0.3 is 0 Å². The molecule has 0 heterocycles. The van der Waals surface area contributed by atoms with Gasteiger partial charge in [-0.15, -0.1) is 0 Å². The first-order valence-corrected chi connectivity index (χ1v) is 4.27. The molecule has 0 fully saturated rings. The second-order valence-corrected chi connectivity index (χ2v) is 3.36. The number of rotatable bonds is 1. The van der Waals surface area contributed by atoms with Gasteiger partial charge in [-0.05, 0) is 18.8 Å². The van der Waals surface area contributed by atoms with Crippen molar-refractivity contribution >= 4 is 17.9 Å². The lowest BCUT2D eigenvalue weighted by Gasteiger charge is -2.20. The summed E-state index contributed by atoms with van der Waals surface area (Å²) < 4.78 is 0. The van der Waals surface area contributed by atoms with E-state index < -0.39 is 0 Å². The van der Waals surface area contributed by atoms with E-state index in [0.29, 0.717) is 16.2 Å². The molecule has 66 valence electrons. The van der Waals surface area contributed by atoms with E-state index >= 15 is 0 Å². The van der Waals surface area contributed by atoms with Crippen molar-refractivity contribution in [3.63, 3.8) is 0 Å². The van der Waals surface area contributed by atoms with Crippen LogP contribution in [-0.4, -0.2) is 11.4 Å². The van der Waals surface area contributed by atoms with Crippen LogP contribution in [0.3, 0.4) is 0 Å². The summed E-state index contributed by atoms with van der Waals surface area (Å²) in [5.41, 5.74) is 1.26. The summed E-state index contributed by atoms with van der Waals surface area (Å²) >= 11 is 5.86. The molecular formula is C9H11ClO2. The van der Waals surface area contributed by atoms with Crippen LogP contribution < -0.4 is 0 Å². The van der Waals surface area contributed by atoms with Crippen molar-refractivity contribution in [2.24, 2.45) is 5.92 Å². The number of carbonyl (C=O) groups excluding carboxylic acids is 1. The Balaban J connectivity index is 3.07. The number of aldehydes is 1. The zero-order valence-electron chi connectivity index (χ0n) is 6.88. The van der Waals surface area contributed by atoms with Crippen molar-refractivity contribution in [2.45, 2.75) is 19.8 Å². The van der Waals surface area contributed by atoms with Gasteiger partial charge in [0.05, 0.1) is 11.3 Å². The standard InChI is InChI=1S/C9H11ClO2/c1-6-2-3-7(4-11)9(10)8(6)5-12/h4-6,11H,2-3H2,1H3/b7-4+. The quantitative estimate of drug-likeness (QED) is 0.505. The van der Waals surface area contributed by atoms with E-state index in [2.05, 4.69) is 0 Å². The van der Waals surface area contributed by atoms with E-state index in [-0.39, 0.29) is 5.92 Å². The van der Waals surface area contributed by atoms with Crippen molar-refractivity contribution in [3.8, 4) is 0 Å². The van der Waals surface area contributed by atoms with E-state index in [1.165, 1.54) is 0 Å². The SMILES string of the molecule is CC1CC/C(=C\O)C(Cl)=C1C=O. The summed E-state index contributed by atoms with van der Waals surface area (Å²) in [5.74, 6) is 0.207. The van der Waals surface area contributed by atoms with Crippen molar-refractivity contribution < 1.29 is 9.90 Å². The van der Waals surface area contributed by atoms with Gasteiger partial charge in [-0.3, -0.25) is 4.79 Å². The molecule has 12 heavy (non-hydrogen) atoms. The van der Waals surface area contributed by atoms with Crippen LogP contribution >= 0.6 is 11.6 Å². The Hall–Kier alpha value is -0.760.